The highest BCUT2D eigenvalue weighted by atomic mass is 32.2. The van der Waals surface area contributed by atoms with E-state index in [1.807, 2.05) is 19.9 Å². The number of sulfonamides is 1. The number of hydrogen-bond acceptors (Lipinski definition) is 6. The van der Waals surface area contributed by atoms with Crippen LogP contribution in [0, 0.1) is 13.8 Å². The van der Waals surface area contributed by atoms with Gasteiger partial charge in [0.15, 0.2) is 6.61 Å². The predicted octanol–water partition coefficient (Wildman–Crippen LogP) is 2.11. The van der Waals surface area contributed by atoms with E-state index in [9.17, 15) is 22.8 Å². The number of ether oxygens (including phenoxy) is 1. The lowest BCUT2D eigenvalue weighted by molar-refractivity contribution is -0.123. The predicted molar refractivity (Wildman–Crippen MR) is 111 cm³/mol. The number of hydrogen-bond donors (Lipinski definition) is 3. The monoisotopic (exact) mass is 433 g/mol. The molecule has 0 fully saturated rings. The zero-order valence-electron chi connectivity index (χ0n) is 16.8. The van der Waals surface area contributed by atoms with Crippen LogP contribution in [-0.4, -0.2) is 39.5 Å². The molecular formula is C20H23N3O6S. The second-order valence-electron chi connectivity index (χ2n) is 6.36. The van der Waals surface area contributed by atoms with Crippen LogP contribution in [0.25, 0.3) is 0 Å². The molecule has 0 spiro atoms. The normalized spacial score (nSPS) is 10.9. The minimum atomic E-state index is -3.74. The number of carbonyl (C=O) groups is 3. The zero-order chi connectivity index (χ0) is 22.3. The standard InChI is InChI=1S/C20H23N3O6S/c1-4-21-30(27,28)16-9-6-8-15(11-16)19(25)29-12-18(24)23-20(26)22-17-10-5-7-13(2)14(17)3/h5-11,21H,4,12H2,1-3H3,(H2,22,23,24,26). The van der Waals surface area contributed by atoms with Crippen molar-refractivity contribution >= 4 is 33.6 Å². The first-order valence-electron chi connectivity index (χ1n) is 9.08. The molecule has 0 bridgehead atoms. The lowest BCUT2D eigenvalue weighted by Crippen LogP contribution is -2.37. The van der Waals surface area contributed by atoms with Crippen LogP contribution in [0.1, 0.15) is 28.4 Å². The molecular weight excluding hydrogens is 410 g/mol. The number of esters is 1. The molecule has 3 N–H and O–H groups in total. The van der Waals surface area contributed by atoms with Gasteiger partial charge in [0.05, 0.1) is 10.5 Å². The van der Waals surface area contributed by atoms with Gasteiger partial charge in [-0.15, -0.1) is 0 Å². The summed E-state index contributed by atoms with van der Waals surface area (Å²) in [5.41, 5.74) is 2.35. The molecule has 0 heterocycles. The van der Waals surface area contributed by atoms with E-state index in [4.69, 9.17) is 4.74 Å². The van der Waals surface area contributed by atoms with E-state index in [1.54, 1.807) is 19.1 Å². The molecule has 9 nitrogen and oxygen atoms in total. The second kappa shape index (κ2) is 9.99. The summed E-state index contributed by atoms with van der Waals surface area (Å²) >= 11 is 0. The van der Waals surface area contributed by atoms with Gasteiger partial charge < -0.3 is 10.1 Å². The van der Waals surface area contributed by atoms with Crippen LogP contribution >= 0.6 is 0 Å². The zero-order valence-corrected chi connectivity index (χ0v) is 17.6. The van der Waals surface area contributed by atoms with Gasteiger partial charge in [-0.1, -0.05) is 25.1 Å². The van der Waals surface area contributed by atoms with E-state index >= 15 is 0 Å². The van der Waals surface area contributed by atoms with E-state index in [0.717, 1.165) is 17.2 Å². The molecule has 0 atom stereocenters. The quantitative estimate of drug-likeness (QED) is 0.573. The summed E-state index contributed by atoms with van der Waals surface area (Å²) in [6.07, 6.45) is 0. The molecule has 0 radical (unpaired) electrons. The highest BCUT2D eigenvalue weighted by Gasteiger charge is 2.17. The van der Waals surface area contributed by atoms with Crippen molar-refractivity contribution in [2.75, 3.05) is 18.5 Å². The number of anilines is 1. The van der Waals surface area contributed by atoms with Gasteiger partial charge in [0.25, 0.3) is 5.91 Å². The summed E-state index contributed by atoms with van der Waals surface area (Å²) in [4.78, 5) is 35.9. The van der Waals surface area contributed by atoms with Crippen molar-refractivity contribution in [3.63, 3.8) is 0 Å². The number of aryl methyl sites for hydroxylation is 1. The Morgan fingerprint density at radius 1 is 1.03 bits per heavy atom. The van der Waals surface area contributed by atoms with Crippen LogP contribution < -0.4 is 15.4 Å². The van der Waals surface area contributed by atoms with Gasteiger partial charge in [-0.3, -0.25) is 10.1 Å². The topological polar surface area (TPSA) is 131 Å². The first kappa shape index (κ1) is 23.0. The third kappa shape index (κ3) is 6.13. The number of amides is 3. The van der Waals surface area contributed by atoms with Gasteiger partial charge in [-0.2, -0.15) is 0 Å². The number of urea groups is 1. The second-order valence-corrected chi connectivity index (χ2v) is 8.12. The van der Waals surface area contributed by atoms with Crippen LogP contribution in [0.4, 0.5) is 10.5 Å². The largest absolute Gasteiger partial charge is 0.452 e. The average Bonchev–Trinajstić information content (AvgIpc) is 2.69. The highest BCUT2D eigenvalue weighted by molar-refractivity contribution is 7.89. The van der Waals surface area contributed by atoms with Gasteiger partial charge in [0.1, 0.15) is 0 Å². The van der Waals surface area contributed by atoms with E-state index in [1.165, 1.54) is 18.2 Å². The van der Waals surface area contributed by atoms with E-state index < -0.39 is 34.5 Å². The number of rotatable bonds is 7. The maximum atomic E-state index is 12.1. The Kier molecular flexibility index (Phi) is 7.67. The van der Waals surface area contributed by atoms with Crippen LogP contribution in [0.15, 0.2) is 47.4 Å². The minimum Gasteiger partial charge on any atom is -0.452 e. The fraction of sp³-hybridized carbons (Fsp3) is 0.250. The molecule has 0 saturated carbocycles. The Hall–Kier alpha value is -3.24. The Morgan fingerprint density at radius 2 is 1.73 bits per heavy atom. The third-order valence-electron chi connectivity index (χ3n) is 4.15. The summed E-state index contributed by atoms with van der Waals surface area (Å²) in [5.74, 6) is -1.73. The van der Waals surface area contributed by atoms with Crippen LogP contribution in [0.5, 0.6) is 0 Å². The molecule has 2 aromatic carbocycles. The number of carbonyl (C=O) groups excluding carboxylic acids is 3. The van der Waals surface area contributed by atoms with Crippen molar-refractivity contribution in [3.8, 4) is 0 Å². The van der Waals surface area contributed by atoms with Gasteiger partial charge >= 0.3 is 12.0 Å². The maximum absolute atomic E-state index is 12.1. The van der Waals surface area contributed by atoms with Crippen LogP contribution in [0.3, 0.4) is 0 Å². The third-order valence-corrected chi connectivity index (χ3v) is 5.70. The lowest BCUT2D eigenvalue weighted by atomic mass is 10.1. The first-order valence-corrected chi connectivity index (χ1v) is 10.6. The molecule has 0 aromatic heterocycles. The van der Waals surface area contributed by atoms with E-state index in [2.05, 4.69) is 15.4 Å². The molecule has 0 unspecified atom stereocenters. The summed E-state index contributed by atoms with van der Waals surface area (Å²) in [5, 5.41) is 4.61. The summed E-state index contributed by atoms with van der Waals surface area (Å²) in [7, 11) is -3.74. The van der Waals surface area contributed by atoms with Crippen molar-refractivity contribution in [1.82, 2.24) is 10.0 Å². The van der Waals surface area contributed by atoms with Gasteiger partial charge in [0.2, 0.25) is 10.0 Å². The summed E-state index contributed by atoms with van der Waals surface area (Å²) in [6.45, 7) is 4.84. The minimum absolute atomic E-state index is 0.0402. The highest BCUT2D eigenvalue weighted by Crippen LogP contribution is 2.17. The molecule has 0 aliphatic heterocycles. The fourth-order valence-corrected chi connectivity index (χ4v) is 3.57. The van der Waals surface area contributed by atoms with E-state index in [-0.39, 0.29) is 17.0 Å². The van der Waals surface area contributed by atoms with Crippen LogP contribution in [-0.2, 0) is 19.6 Å². The maximum Gasteiger partial charge on any atom is 0.338 e. The summed E-state index contributed by atoms with van der Waals surface area (Å²) < 4.78 is 31.2. The van der Waals surface area contributed by atoms with Gasteiger partial charge in [-0.05, 0) is 49.2 Å². The van der Waals surface area contributed by atoms with Crippen molar-refractivity contribution in [1.29, 1.82) is 0 Å². The molecule has 2 rings (SSSR count). The lowest BCUT2D eigenvalue weighted by Gasteiger charge is -2.11. The Labute approximate surface area is 174 Å². The fourth-order valence-electron chi connectivity index (χ4n) is 2.48. The molecule has 30 heavy (non-hydrogen) atoms. The Bertz CT molecular complexity index is 1070. The molecule has 10 heteroatoms. The van der Waals surface area contributed by atoms with Crippen LogP contribution in [0.2, 0.25) is 0 Å². The molecule has 160 valence electrons. The molecule has 0 aliphatic carbocycles. The summed E-state index contributed by atoms with van der Waals surface area (Å²) in [6, 6.07) is 9.82. The molecule has 2 aromatic rings. The smallest absolute Gasteiger partial charge is 0.338 e. The van der Waals surface area contributed by atoms with Gasteiger partial charge in [-0.25, -0.2) is 22.7 Å². The SMILES string of the molecule is CCNS(=O)(=O)c1cccc(C(=O)OCC(=O)NC(=O)Nc2cccc(C)c2C)c1. The number of benzene rings is 2. The molecule has 0 aliphatic rings. The average molecular weight is 433 g/mol. The number of imide groups is 1. The Morgan fingerprint density at radius 3 is 2.43 bits per heavy atom. The number of nitrogens with one attached hydrogen (secondary N) is 3. The molecule has 3 amide bonds. The van der Waals surface area contributed by atoms with Crippen molar-refractivity contribution < 1.29 is 27.5 Å². The van der Waals surface area contributed by atoms with Crippen molar-refractivity contribution in [3.05, 3.63) is 59.2 Å². The van der Waals surface area contributed by atoms with Gasteiger partial charge in [0, 0.05) is 12.2 Å². The first-order chi connectivity index (χ1) is 14.1. The molecule has 0 saturated heterocycles. The van der Waals surface area contributed by atoms with E-state index in [0.29, 0.717) is 5.69 Å². The van der Waals surface area contributed by atoms with Crippen molar-refractivity contribution in [2.24, 2.45) is 0 Å². The van der Waals surface area contributed by atoms with Crippen molar-refractivity contribution in [2.45, 2.75) is 25.7 Å². The Balaban J connectivity index is 1.92.